The number of nitrogen functional groups attached to an aromatic ring is 1. The van der Waals surface area contributed by atoms with E-state index in [2.05, 4.69) is 15.6 Å². The molecule has 3 rings (SSSR count). The molecular weight excluding hydrogens is 394 g/mol. The number of nitrogens with one attached hydrogen (secondary N) is 2. The third-order valence-corrected chi connectivity index (χ3v) is 5.04. The van der Waals surface area contributed by atoms with Gasteiger partial charge in [-0.15, -0.1) is 0 Å². The molecule has 0 spiro atoms. The highest BCUT2D eigenvalue weighted by Gasteiger charge is 2.28. The summed E-state index contributed by atoms with van der Waals surface area (Å²) < 4.78 is 10.7. The Morgan fingerprint density at radius 2 is 2.00 bits per heavy atom. The van der Waals surface area contributed by atoms with E-state index in [0.29, 0.717) is 31.1 Å². The first-order chi connectivity index (χ1) is 14.7. The number of nitrogens with two attached hydrogens (primary N) is 1. The lowest BCUT2D eigenvalue weighted by atomic mass is 10.1. The fourth-order valence-electron chi connectivity index (χ4n) is 3.48. The summed E-state index contributed by atoms with van der Waals surface area (Å²) in [6.45, 7) is 7.51. The maximum atomic E-state index is 12.4. The Morgan fingerprint density at radius 3 is 2.68 bits per heavy atom. The Hall–Kier alpha value is -3.16. The van der Waals surface area contributed by atoms with E-state index in [1.165, 1.54) is 0 Å². The first-order valence-electron chi connectivity index (χ1n) is 10.6. The molecule has 0 aliphatic carbocycles. The largest absolute Gasteiger partial charge is 0.497 e. The molecule has 0 radical (unpaired) electrons. The van der Waals surface area contributed by atoms with Gasteiger partial charge in [0, 0.05) is 31.9 Å². The van der Waals surface area contributed by atoms with Gasteiger partial charge < -0.3 is 30.7 Å². The van der Waals surface area contributed by atoms with Gasteiger partial charge in [0.05, 0.1) is 18.5 Å². The van der Waals surface area contributed by atoms with Gasteiger partial charge in [-0.05, 0) is 57.4 Å². The lowest BCUT2D eigenvalue weighted by Crippen LogP contribution is -2.47. The van der Waals surface area contributed by atoms with E-state index in [0.717, 1.165) is 29.8 Å². The van der Waals surface area contributed by atoms with Crippen molar-refractivity contribution >= 4 is 23.3 Å². The third kappa shape index (κ3) is 6.41. The van der Waals surface area contributed by atoms with Gasteiger partial charge in [0.1, 0.15) is 11.4 Å². The summed E-state index contributed by atoms with van der Waals surface area (Å²) in [4.78, 5) is 18.6. The molecule has 168 valence electrons. The Bertz CT molecular complexity index is 880. The van der Waals surface area contributed by atoms with Crippen molar-refractivity contribution < 1.29 is 14.3 Å². The Labute approximate surface area is 184 Å². The molecule has 2 aromatic rings. The standard InChI is InChI=1S/C23H33N5O3/c1-23(2,3)31-22(29)28-13-5-6-17(15-28)27-19-11-12-25-21(20(19)24)26-14-16-7-9-18(30-4)10-8-16/h7-12,17H,5-6,13-15,24H2,1-4H3,(H2,25,26,27)/t17-/m1/s1. The number of nitrogens with zero attached hydrogens (tertiary/aromatic N) is 2. The quantitative estimate of drug-likeness (QED) is 0.638. The molecule has 1 fully saturated rings. The van der Waals surface area contributed by atoms with Gasteiger partial charge in [-0.3, -0.25) is 0 Å². The number of likely N-dealkylation sites (tertiary alicyclic amines) is 1. The number of piperidine rings is 1. The highest BCUT2D eigenvalue weighted by atomic mass is 16.6. The zero-order valence-corrected chi connectivity index (χ0v) is 18.8. The molecule has 0 unspecified atom stereocenters. The molecule has 1 aromatic carbocycles. The van der Waals surface area contributed by atoms with E-state index < -0.39 is 5.60 Å². The van der Waals surface area contributed by atoms with Crippen molar-refractivity contribution in [3.05, 3.63) is 42.1 Å². The van der Waals surface area contributed by atoms with Crippen LogP contribution in [-0.4, -0.2) is 47.8 Å². The fraction of sp³-hybridized carbons (Fsp3) is 0.478. The average Bonchev–Trinajstić information content (AvgIpc) is 2.74. The molecule has 1 amide bonds. The van der Waals surface area contributed by atoms with Crippen molar-refractivity contribution in [3.63, 3.8) is 0 Å². The highest BCUT2D eigenvalue weighted by Crippen LogP contribution is 2.28. The number of anilines is 3. The lowest BCUT2D eigenvalue weighted by Gasteiger charge is -2.35. The van der Waals surface area contributed by atoms with Crippen LogP contribution in [0.1, 0.15) is 39.2 Å². The van der Waals surface area contributed by atoms with Crippen molar-refractivity contribution in [1.29, 1.82) is 0 Å². The number of methoxy groups -OCH3 is 1. The van der Waals surface area contributed by atoms with E-state index in [1.54, 1.807) is 18.2 Å². The first kappa shape index (κ1) is 22.5. The fourth-order valence-corrected chi connectivity index (χ4v) is 3.48. The molecule has 31 heavy (non-hydrogen) atoms. The summed E-state index contributed by atoms with van der Waals surface area (Å²) in [7, 11) is 1.65. The van der Waals surface area contributed by atoms with Crippen LogP contribution in [0.25, 0.3) is 0 Å². The van der Waals surface area contributed by atoms with Crippen molar-refractivity contribution in [2.75, 3.05) is 36.6 Å². The molecule has 4 N–H and O–H groups in total. The predicted octanol–water partition coefficient (Wildman–Crippen LogP) is 4.10. The molecule has 0 saturated carbocycles. The van der Waals surface area contributed by atoms with E-state index in [4.69, 9.17) is 15.2 Å². The Balaban J connectivity index is 1.60. The number of hydrogen-bond donors (Lipinski definition) is 3. The zero-order chi connectivity index (χ0) is 22.4. The number of hydrogen-bond acceptors (Lipinski definition) is 7. The molecule has 1 aliphatic heterocycles. The summed E-state index contributed by atoms with van der Waals surface area (Å²) in [6.07, 6.45) is 3.31. The molecule has 8 nitrogen and oxygen atoms in total. The van der Waals surface area contributed by atoms with Crippen LogP contribution >= 0.6 is 0 Å². The van der Waals surface area contributed by atoms with Crippen LogP contribution in [0, 0.1) is 0 Å². The van der Waals surface area contributed by atoms with Gasteiger partial charge in [0.25, 0.3) is 0 Å². The minimum Gasteiger partial charge on any atom is -0.497 e. The van der Waals surface area contributed by atoms with Crippen LogP contribution in [0.5, 0.6) is 5.75 Å². The van der Waals surface area contributed by atoms with E-state index in [-0.39, 0.29) is 12.1 Å². The molecule has 1 aliphatic rings. The van der Waals surface area contributed by atoms with Crippen molar-refractivity contribution in [2.45, 2.75) is 51.8 Å². The number of rotatable bonds is 6. The summed E-state index contributed by atoms with van der Waals surface area (Å²) >= 11 is 0. The van der Waals surface area contributed by atoms with Gasteiger partial charge in [-0.1, -0.05) is 12.1 Å². The maximum absolute atomic E-state index is 12.4. The molecular formula is C23H33N5O3. The summed E-state index contributed by atoms with van der Waals surface area (Å²) in [5, 5.41) is 6.78. The predicted molar refractivity (Wildman–Crippen MR) is 123 cm³/mol. The zero-order valence-electron chi connectivity index (χ0n) is 18.8. The van der Waals surface area contributed by atoms with E-state index >= 15 is 0 Å². The van der Waals surface area contributed by atoms with E-state index in [9.17, 15) is 4.79 Å². The second-order valence-electron chi connectivity index (χ2n) is 8.73. The number of carbonyl (C=O) groups is 1. The minimum absolute atomic E-state index is 0.0976. The second kappa shape index (κ2) is 9.76. The normalized spacial score (nSPS) is 16.5. The van der Waals surface area contributed by atoms with Crippen molar-refractivity contribution in [3.8, 4) is 5.75 Å². The topological polar surface area (TPSA) is 102 Å². The maximum Gasteiger partial charge on any atom is 0.410 e. The highest BCUT2D eigenvalue weighted by molar-refractivity contribution is 5.77. The summed E-state index contributed by atoms with van der Waals surface area (Å²) in [6, 6.07) is 9.80. The van der Waals surface area contributed by atoms with Crippen LogP contribution in [-0.2, 0) is 11.3 Å². The molecule has 1 atom stereocenters. The smallest absolute Gasteiger partial charge is 0.410 e. The van der Waals surface area contributed by atoms with Crippen LogP contribution in [0.2, 0.25) is 0 Å². The van der Waals surface area contributed by atoms with Crippen LogP contribution in [0.3, 0.4) is 0 Å². The Kier molecular flexibility index (Phi) is 7.09. The molecule has 2 heterocycles. The van der Waals surface area contributed by atoms with Crippen molar-refractivity contribution in [2.24, 2.45) is 0 Å². The van der Waals surface area contributed by atoms with Gasteiger partial charge in [0.15, 0.2) is 5.82 Å². The molecule has 8 heteroatoms. The van der Waals surface area contributed by atoms with Crippen molar-refractivity contribution in [1.82, 2.24) is 9.88 Å². The van der Waals surface area contributed by atoms with Gasteiger partial charge in [-0.2, -0.15) is 0 Å². The number of aromatic nitrogens is 1. The number of amides is 1. The Morgan fingerprint density at radius 1 is 1.26 bits per heavy atom. The molecule has 1 aromatic heterocycles. The van der Waals surface area contributed by atoms with E-state index in [1.807, 2.05) is 51.1 Å². The number of benzene rings is 1. The number of pyridine rings is 1. The minimum atomic E-state index is -0.503. The van der Waals surface area contributed by atoms with Crippen LogP contribution in [0.15, 0.2) is 36.5 Å². The number of carbonyl (C=O) groups excluding carboxylic acids is 1. The summed E-state index contributed by atoms with van der Waals surface area (Å²) in [5.41, 5.74) is 8.34. The monoisotopic (exact) mass is 427 g/mol. The summed E-state index contributed by atoms with van der Waals surface area (Å²) in [5.74, 6) is 1.45. The average molecular weight is 428 g/mol. The number of ether oxygens (including phenoxy) is 2. The first-order valence-corrected chi connectivity index (χ1v) is 10.6. The lowest BCUT2D eigenvalue weighted by molar-refractivity contribution is 0.0206. The van der Waals surface area contributed by atoms with Gasteiger partial charge in [-0.25, -0.2) is 9.78 Å². The third-order valence-electron chi connectivity index (χ3n) is 5.04. The second-order valence-corrected chi connectivity index (χ2v) is 8.73. The molecule has 1 saturated heterocycles. The van der Waals surface area contributed by atoms with Crippen LogP contribution < -0.4 is 21.1 Å². The van der Waals surface area contributed by atoms with Gasteiger partial charge >= 0.3 is 6.09 Å². The van der Waals surface area contributed by atoms with Crippen LogP contribution in [0.4, 0.5) is 22.0 Å². The molecule has 0 bridgehead atoms. The SMILES string of the molecule is COc1ccc(CNc2nccc(N[C@@H]3CCCN(C(=O)OC(C)(C)C)C3)c2N)cc1. The van der Waals surface area contributed by atoms with Gasteiger partial charge in [0.2, 0.25) is 0 Å².